The first-order valence-electron chi connectivity index (χ1n) is 18.1. The van der Waals surface area contributed by atoms with Crippen LogP contribution in [0, 0.1) is 0 Å². The van der Waals surface area contributed by atoms with Crippen molar-refractivity contribution in [2.45, 2.75) is 31.8 Å². The Hall–Kier alpha value is -7.06. The minimum absolute atomic E-state index is 0.0228. The van der Waals surface area contributed by atoms with Crippen molar-refractivity contribution in [3.05, 3.63) is 144 Å². The summed E-state index contributed by atoms with van der Waals surface area (Å²) < 4.78 is 11.0. The highest BCUT2D eigenvalue weighted by molar-refractivity contribution is 5.94. The van der Waals surface area contributed by atoms with Crippen molar-refractivity contribution in [2.75, 3.05) is 20.2 Å². The lowest BCUT2D eigenvalue weighted by molar-refractivity contribution is -0.189. The van der Waals surface area contributed by atoms with E-state index in [1.807, 2.05) is 60.7 Å². The number of nitrogens with zero attached hydrogens (tertiary/aromatic N) is 7. The van der Waals surface area contributed by atoms with Gasteiger partial charge in [-0.1, -0.05) is 78.0 Å². The SMILES string of the molecule is COc1ccc(-c2cc(CN3CC(=O)N4C(/C=C/c5ccc(O)cc5)C(=O)N(Cc5cccc6ncccc56)CC4N3C(=O)NCc3ccccc3)on2)nc1. The number of ether oxygens (including phenoxy) is 1. The second-order valence-corrected chi connectivity index (χ2v) is 13.5. The number of urea groups is 1. The van der Waals surface area contributed by atoms with Gasteiger partial charge in [-0.25, -0.2) is 9.80 Å². The number of fused-ring (bicyclic) bond motifs is 2. The van der Waals surface area contributed by atoms with Crippen LogP contribution < -0.4 is 10.1 Å². The number of amides is 4. The Morgan fingerprint density at radius 1 is 0.946 bits per heavy atom. The number of carbonyl (C=O) groups excluding carboxylic acids is 3. The molecule has 2 atom stereocenters. The molecule has 0 saturated carbocycles. The van der Waals surface area contributed by atoms with Crippen LogP contribution in [0.4, 0.5) is 4.79 Å². The van der Waals surface area contributed by atoms with E-state index in [0.29, 0.717) is 22.9 Å². The number of rotatable bonds is 10. The predicted octanol–water partition coefficient (Wildman–Crippen LogP) is 5.22. The highest BCUT2D eigenvalue weighted by Gasteiger charge is 2.51. The molecule has 2 N–H and O–H groups in total. The number of aromatic nitrogens is 3. The second-order valence-electron chi connectivity index (χ2n) is 13.5. The Bertz CT molecular complexity index is 2380. The lowest BCUT2D eigenvalue weighted by Crippen LogP contribution is -2.75. The lowest BCUT2D eigenvalue weighted by Gasteiger charge is -2.54. The molecular formula is C42H38N8O6. The summed E-state index contributed by atoms with van der Waals surface area (Å²) >= 11 is 0. The first-order chi connectivity index (χ1) is 27.3. The van der Waals surface area contributed by atoms with Gasteiger partial charge in [-0.15, -0.1) is 0 Å². The Morgan fingerprint density at radius 2 is 1.79 bits per heavy atom. The van der Waals surface area contributed by atoms with Crippen LogP contribution in [0.5, 0.6) is 11.5 Å². The van der Waals surface area contributed by atoms with Crippen molar-refractivity contribution in [1.29, 1.82) is 0 Å². The number of piperazine rings is 1. The number of hydrogen-bond acceptors (Lipinski definition) is 10. The van der Waals surface area contributed by atoms with E-state index in [4.69, 9.17) is 9.26 Å². The molecule has 0 bridgehead atoms. The number of aromatic hydroxyl groups is 1. The Morgan fingerprint density at radius 3 is 2.57 bits per heavy atom. The highest BCUT2D eigenvalue weighted by atomic mass is 16.5. The maximum absolute atomic E-state index is 14.5. The molecule has 2 saturated heterocycles. The van der Waals surface area contributed by atoms with Crippen molar-refractivity contribution in [2.24, 2.45) is 0 Å². The molecule has 14 nitrogen and oxygen atoms in total. The molecular weight excluding hydrogens is 713 g/mol. The van der Waals surface area contributed by atoms with Gasteiger partial charge < -0.3 is 29.5 Å². The fraction of sp³-hybridized carbons (Fsp3) is 0.190. The maximum Gasteiger partial charge on any atom is 0.334 e. The Kier molecular flexibility index (Phi) is 10.1. The highest BCUT2D eigenvalue weighted by Crippen LogP contribution is 2.31. The van der Waals surface area contributed by atoms with Gasteiger partial charge in [0.25, 0.3) is 0 Å². The van der Waals surface area contributed by atoms with Crippen LogP contribution in [0.25, 0.3) is 28.4 Å². The van der Waals surface area contributed by atoms with Gasteiger partial charge in [0.05, 0.1) is 44.2 Å². The number of benzene rings is 3. The lowest BCUT2D eigenvalue weighted by atomic mass is 10.0. The van der Waals surface area contributed by atoms with E-state index in [0.717, 1.165) is 27.6 Å². The van der Waals surface area contributed by atoms with Crippen molar-refractivity contribution >= 4 is 34.8 Å². The van der Waals surface area contributed by atoms with Crippen molar-refractivity contribution < 1.29 is 28.8 Å². The fourth-order valence-corrected chi connectivity index (χ4v) is 7.09. The molecule has 0 aliphatic carbocycles. The van der Waals surface area contributed by atoms with Gasteiger partial charge in [-0.2, -0.15) is 5.01 Å². The molecule has 3 aromatic carbocycles. The van der Waals surface area contributed by atoms with Crippen molar-refractivity contribution in [1.82, 2.24) is 40.3 Å². The number of hydrazine groups is 1. The zero-order chi connectivity index (χ0) is 38.6. The van der Waals surface area contributed by atoms with Gasteiger partial charge in [0.1, 0.15) is 29.4 Å². The van der Waals surface area contributed by atoms with Gasteiger partial charge in [0.2, 0.25) is 11.8 Å². The molecule has 2 aliphatic heterocycles. The molecule has 2 aliphatic rings. The molecule has 3 aromatic heterocycles. The molecule has 0 spiro atoms. The van der Waals surface area contributed by atoms with Gasteiger partial charge in [-0.05, 0) is 53.1 Å². The Labute approximate surface area is 322 Å². The molecule has 56 heavy (non-hydrogen) atoms. The summed E-state index contributed by atoms with van der Waals surface area (Å²) in [7, 11) is 1.56. The summed E-state index contributed by atoms with van der Waals surface area (Å²) in [6.07, 6.45) is 5.82. The topological polar surface area (TPSA) is 157 Å². The van der Waals surface area contributed by atoms with Crippen LogP contribution in [-0.2, 0) is 29.2 Å². The summed E-state index contributed by atoms with van der Waals surface area (Å²) in [6, 6.07) is 29.4. The standard InChI is InChI=1S/C42H38N8O6/c1-55-32-17-18-36(44-23-32)37-21-33(56-46-37)25-48-27-40(52)49-38(19-14-28-12-15-31(51)16-13-28)41(53)47(24-30-9-5-11-35-34(30)10-6-20-43-35)26-39(49)50(48)42(54)45-22-29-7-3-2-4-8-29/h2-21,23,38-39,51H,22,24-27H2,1H3,(H,45,54)/b19-14+. The molecule has 4 amide bonds. The third-order valence-corrected chi connectivity index (χ3v) is 9.85. The van der Waals surface area contributed by atoms with Crippen molar-refractivity contribution in [3.8, 4) is 22.9 Å². The molecule has 6 aromatic rings. The summed E-state index contributed by atoms with van der Waals surface area (Å²) in [5.41, 5.74) is 4.32. The zero-order valence-electron chi connectivity index (χ0n) is 30.4. The monoisotopic (exact) mass is 750 g/mol. The molecule has 14 heteroatoms. The van der Waals surface area contributed by atoms with Crippen LogP contribution in [-0.4, -0.2) is 90.3 Å². The molecule has 5 heterocycles. The summed E-state index contributed by atoms with van der Waals surface area (Å²) in [4.78, 5) is 55.4. The summed E-state index contributed by atoms with van der Waals surface area (Å²) in [5, 5.41) is 21.2. The number of methoxy groups -OCH3 is 1. The smallest absolute Gasteiger partial charge is 0.334 e. The molecule has 2 unspecified atom stereocenters. The number of carbonyl (C=O) groups is 3. The van der Waals surface area contributed by atoms with E-state index in [1.165, 1.54) is 9.91 Å². The zero-order valence-corrected chi connectivity index (χ0v) is 30.4. The number of phenols is 1. The van der Waals surface area contributed by atoms with Gasteiger partial charge in [0, 0.05) is 30.7 Å². The van der Waals surface area contributed by atoms with E-state index in [-0.39, 0.29) is 50.3 Å². The molecule has 0 radical (unpaired) electrons. The maximum atomic E-state index is 14.5. The van der Waals surface area contributed by atoms with E-state index in [9.17, 15) is 19.5 Å². The van der Waals surface area contributed by atoms with Crippen LogP contribution >= 0.6 is 0 Å². The minimum atomic E-state index is -1.05. The third kappa shape index (κ3) is 7.50. The van der Waals surface area contributed by atoms with Gasteiger partial charge in [-0.3, -0.25) is 19.6 Å². The number of nitrogens with one attached hydrogen (secondary N) is 1. The van der Waals surface area contributed by atoms with Gasteiger partial charge in [0.15, 0.2) is 5.76 Å². The molecule has 2 fully saturated rings. The number of phenolic OH excluding ortho intramolecular Hbond substituents is 1. The van der Waals surface area contributed by atoms with E-state index in [2.05, 4.69) is 20.4 Å². The summed E-state index contributed by atoms with van der Waals surface area (Å²) in [6.45, 7) is 0.268. The quantitative estimate of drug-likeness (QED) is 0.190. The van der Waals surface area contributed by atoms with E-state index >= 15 is 0 Å². The Balaban J connectivity index is 1.16. The fourth-order valence-electron chi connectivity index (χ4n) is 7.09. The average molecular weight is 751 g/mol. The van der Waals surface area contributed by atoms with Crippen LogP contribution in [0.2, 0.25) is 0 Å². The molecule has 282 valence electrons. The summed E-state index contributed by atoms with van der Waals surface area (Å²) in [5.74, 6) is 0.459. The van der Waals surface area contributed by atoms with E-state index < -0.39 is 18.2 Å². The predicted molar refractivity (Wildman–Crippen MR) is 206 cm³/mol. The number of hydrogen-bond donors (Lipinski definition) is 2. The second kappa shape index (κ2) is 15.7. The molecule has 8 rings (SSSR count). The van der Waals surface area contributed by atoms with Crippen LogP contribution in [0.15, 0.2) is 126 Å². The third-order valence-electron chi connectivity index (χ3n) is 9.85. The van der Waals surface area contributed by atoms with Crippen LogP contribution in [0.3, 0.4) is 0 Å². The number of pyridine rings is 2. The largest absolute Gasteiger partial charge is 0.508 e. The minimum Gasteiger partial charge on any atom is -0.508 e. The first kappa shape index (κ1) is 35.9. The average Bonchev–Trinajstić information content (AvgIpc) is 3.69. The van der Waals surface area contributed by atoms with Gasteiger partial charge >= 0.3 is 6.03 Å². The van der Waals surface area contributed by atoms with E-state index in [1.54, 1.807) is 84.0 Å². The van der Waals surface area contributed by atoms with Crippen molar-refractivity contribution in [3.63, 3.8) is 0 Å². The first-order valence-corrected chi connectivity index (χ1v) is 18.1. The normalized spacial score (nSPS) is 17.4. The van der Waals surface area contributed by atoms with Crippen LogP contribution in [0.1, 0.15) is 22.5 Å².